The van der Waals surface area contributed by atoms with Crippen LogP contribution in [-0.4, -0.2) is 47.3 Å². The van der Waals surface area contributed by atoms with Crippen molar-refractivity contribution in [3.8, 4) is 0 Å². The smallest absolute Gasteiger partial charge is 0.251 e. The minimum absolute atomic E-state index is 0. The average Bonchev–Trinajstić information content (AvgIpc) is 3.05. The van der Waals surface area contributed by atoms with Crippen molar-refractivity contribution in [2.75, 3.05) is 20.3 Å². The van der Waals surface area contributed by atoms with Crippen molar-refractivity contribution < 1.29 is 14.1 Å². The molecule has 1 aliphatic rings. The largest absolute Gasteiger partial charge is 0.369 e. The summed E-state index contributed by atoms with van der Waals surface area (Å²) in [6.45, 7) is 2.99. The third-order valence-corrected chi connectivity index (χ3v) is 4.14. The molecule has 0 aliphatic carbocycles. The summed E-state index contributed by atoms with van der Waals surface area (Å²) < 4.78 is 10.8. The minimum atomic E-state index is -0.349. The van der Waals surface area contributed by atoms with Gasteiger partial charge in [0.25, 0.3) is 5.89 Å². The van der Waals surface area contributed by atoms with Gasteiger partial charge in [0.1, 0.15) is 12.6 Å². The van der Waals surface area contributed by atoms with Crippen LogP contribution in [0.15, 0.2) is 34.9 Å². The molecule has 2 aromatic rings. The number of halogens is 1. The Hall–Kier alpha value is -1.96. The van der Waals surface area contributed by atoms with Crippen LogP contribution < -0.4 is 5.32 Å². The van der Waals surface area contributed by atoms with E-state index in [9.17, 15) is 4.79 Å². The lowest BCUT2D eigenvalue weighted by atomic mass is 10.1. The normalized spacial score (nSPS) is 18.7. The maximum absolute atomic E-state index is 12.3. The first kappa shape index (κ1) is 19.4. The number of morpholine rings is 1. The number of carbonyl (C=O) groups is 1. The fourth-order valence-electron chi connectivity index (χ4n) is 2.65. The van der Waals surface area contributed by atoms with Crippen LogP contribution in [0.2, 0.25) is 0 Å². The van der Waals surface area contributed by atoms with E-state index in [4.69, 9.17) is 9.26 Å². The second-order valence-corrected chi connectivity index (χ2v) is 5.98. The molecule has 7 nitrogen and oxygen atoms in total. The molecular formula is C17H23ClN4O3. The van der Waals surface area contributed by atoms with E-state index in [2.05, 4.69) is 15.5 Å². The van der Waals surface area contributed by atoms with E-state index < -0.39 is 0 Å². The van der Waals surface area contributed by atoms with Crippen molar-refractivity contribution in [3.05, 3.63) is 47.6 Å². The summed E-state index contributed by atoms with van der Waals surface area (Å²) in [7, 11) is 1.89. The van der Waals surface area contributed by atoms with E-state index in [1.807, 2.05) is 44.3 Å². The molecule has 2 atom stereocenters. The van der Waals surface area contributed by atoms with Crippen LogP contribution in [0.25, 0.3) is 0 Å². The number of carbonyl (C=O) groups excluding carboxylic acids is 1. The Labute approximate surface area is 153 Å². The molecule has 0 bridgehead atoms. The van der Waals surface area contributed by atoms with Crippen LogP contribution in [0.4, 0.5) is 0 Å². The first-order valence-corrected chi connectivity index (χ1v) is 8.08. The molecule has 1 fully saturated rings. The van der Waals surface area contributed by atoms with Crippen molar-refractivity contribution >= 4 is 18.3 Å². The Balaban J connectivity index is 0.00000225. The van der Waals surface area contributed by atoms with Gasteiger partial charge >= 0.3 is 0 Å². The molecule has 136 valence electrons. The Morgan fingerprint density at radius 3 is 2.84 bits per heavy atom. The van der Waals surface area contributed by atoms with Crippen LogP contribution in [0, 0.1) is 0 Å². The molecule has 0 radical (unpaired) electrons. The summed E-state index contributed by atoms with van der Waals surface area (Å²) in [5.41, 5.74) is 1.06. The highest BCUT2D eigenvalue weighted by Crippen LogP contribution is 2.25. The number of rotatable bonds is 6. The van der Waals surface area contributed by atoms with E-state index in [0.29, 0.717) is 31.3 Å². The van der Waals surface area contributed by atoms with Gasteiger partial charge in [-0.1, -0.05) is 35.5 Å². The molecule has 1 N–H and O–H groups in total. The van der Waals surface area contributed by atoms with E-state index in [1.165, 1.54) is 0 Å². The maximum atomic E-state index is 12.3. The molecule has 2 heterocycles. The van der Waals surface area contributed by atoms with Gasteiger partial charge in [-0.2, -0.15) is 4.98 Å². The summed E-state index contributed by atoms with van der Waals surface area (Å²) in [5, 5.41) is 7.17. The molecule has 1 aliphatic heterocycles. The SMILES string of the molecule is CNC(C)Cc1noc([C@H]2COCC(=O)N2Cc2ccccc2)n1.Cl. The summed E-state index contributed by atoms with van der Waals surface area (Å²) in [6, 6.07) is 9.76. The predicted octanol–water partition coefficient (Wildman–Crippen LogP) is 1.74. The first-order valence-electron chi connectivity index (χ1n) is 8.08. The summed E-state index contributed by atoms with van der Waals surface area (Å²) in [5.74, 6) is 0.986. The zero-order valence-corrected chi connectivity index (χ0v) is 15.2. The molecule has 1 saturated heterocycles. The highest BCUT2D eigenvalue weighted by molar-refractivity contribution is 5.85. The molecule has 3 rings (SSSR count). The first-order chi connectivity index (χ1) is 11.7. The molecular weight excluding hydrogens is 344 g/mol. The highest BCUT2D eigenvalue weighted by Gasteiger charge is 2.34. The highest BCUT2D eigenvalue weighted by atomic mass is 35.5. The molecule has 0 saturated carbocycles. The maximum Gasteiger partial charge on any atom is 0.251 e. The van der Waals surface area contributed by atoms with Gasteiger partial charge in [-0.25, -0.2) is 0 Å². The minimum Gasteiger partial charge on any atom is -0.369 e. The molecule has 1 aromatic heterocycles. The van der Waals surface area contributed by atoms with Crippen LogP contribution in [0.1, 0.15) is 30.2 Å². The third-order valence-electron chi connectivity index (χ3n) is 4.14. The number of amides is 1. The number of likely N-dealkylation sites (N-methyl/N-ethyl adjacent to an activating group) is 1. The van der Waals surface area contributed by atoms with Crippen LogP contribution in [-0.2, 0) is 22.5 Å². The van der Waals surface area contributed by atoms with Crippen LogP contribution in [0.5, 0.6) is 0 Å². The third kappa shape index (κ3) is 4.78. The van der Waals surface area contributed by atoms with Gasteiger partial charge in [-0.15, -0.1) is 12.4 Å². The number of nitrogens with one attached hydrogen (secondary N) is 1. The lowest BCUT2D eigenvalue weighted by molar-refractivity contribution is -0.150. The van der Waals surface area contributed by atoms with Crippen LogP contribution >= 0.6 is 12.4 Å². The molecule has 1 aromatic carbocycles. The topological polar surface area (TPSA) is 80.5 Å². The zero-order chi connectivity index (χ0) is 16.9. The lowest BCUT2D eigenvalue weighted by Gasteiger charge is -2.33. The Kier molecular flexibility index (Phi) is 6.92. The fourth-order valence-corrected chi connectivity index (χ4v) is 2.65. The summed E-state index contributed by atoms with van der Waals surface area (Å²) in [6.07, 6.45) is 0.667. The van der Waals surface area contributed by atoms with Gasteiger partial charge in [-0.3, -0.25) is 4.79 Å². The van der Waals surface area contributed by atoms with Crippen molar-refractivity contribution in [2.24, 2.45) is 0 Å². The average molecular weight is 367 g/mol. The lowest BCUT2D eigenvalue weighted by Crippen LogP contribution is -2.43. The molecule has 8 heteroatoms. The van der Waals surface area contributed by atoms with Crippen molar-refractivity contribution in [1.82, 2.24) is 20.4 Å². The van der Waals surface area contributed by atoms with Gasteiger partial charge < -0.3 is 19.5 Å². The molecule has 1 amide bonds. The van der Waals surface area contributed by atoms with Gasteiger partial charge in [0.05, 0.1) is 6.61 Å². The fraction of sp³-hybridized carbons (Fsp3) is 0.471. The van der Waals surface area contributed by atoms with Gasteiger partial charge in [0.2, 0.25) is 5.91 Å². The summed E-state index contributed by atoms with van der Waals surface area (Å²) in [4.78, 5) is 18.5. The Bertz CT molecular complexity index is 680. The number of ether oxygens (including phenoxy) is 1. The number of hydrogen-bond donors (Lipinski definition) is 1. The van der Waals surface area contributed by atoms with E-state index in [1.54, 1.807) is 4.90 Å². The van der Waals surface area contributed by atoms with Crippen molar-refractivity contribution in [2.45, 2.75) is 32.0 Å². The van der Waals surface area contributed by atoms with Crippen molar-refractivity contribution in [1.29, 1.82) is 0 Å². The van der Waals surface area contributed by atoms with E-state index >= 15 is 0 Å². The van der Waals surface area contributed by atoms with E-state index in [0.717, 1.165) is 5.56 Å². The number of aromatic nitrogens is 2. The quantitative estimate of drug-likeness (QED) is 0.838. The number of nitrogens with zero attached hydrogens (tertiary/aromatic N) is 3. The van der Waals surface area contributed by atoms with Gasteiger partial charge in [0.15, 0.2) is 5.82 Å². The molecule has 0 spiro atoms. The van der Waals surface area contributed by atoms with E-state index in [-0.39, 0.29) is 37.0 Å². The van der Waals surface area contributed by atoms with Gasteiger partial charge in [-0.05, 0) is 19.5 Å². The zero-order valence-electron chi connectivity index (χ0n) is 14.3. The second-order valence-electron chi connectivity index (χ2n) is 5.98. The monoisotopic (exact) mass is 366 g/mol. The molecule has 1 unspecified atom stereocenters. The standard InChI is InChI=1S/C17H22N4O3.ClH/c1-12(18-2)8-15-19-17(24-20-15)14-10-23-11-16(22)21(14)9-13-6-4-3-5-7-13;/h3-7,12,14,18H,8-11H2,1-2H3;1H/t12?,14-;/m1./s1. The predicted molar refractivity (Wildman–Crippen MR) is 94.3 cm³/mol. The number of benzene rings is 1. The Morgan fingerprint density at radius 1 is 1.36 bits per heavy atom. The number of hydrogen-bond acceptors (Lipinski definition) is 6. The summed E-state index contributed by atoms with van der Waals surface area (Å²) >= 11 is 0. The van der Waals surface area contributed by atoms with Crippen molar-refractivity contribution in [3.63, 3.8) is 0 Å². The Morgan fingerprint density at radius 2 is 2.12 bits per heavy atom. The van der Waals surface area contributed by atoms with Crippen LogP contribution in [0.3, 0.4) is 0 Å². The second kappa shape index (κ2) is 8.94. The molecule has 25 heavy (non-hydrogen) atoms. The van der Waals surface area contributed by atoms with Gasteiger partial charge in [0, 0.05) is 19.0 Å².